The minimum atomic E-state index is -0.927. The summed E-state index contributed by atoms with van der Waals surface area (Å²) in [7, 11) is 0. The van der Waals surface area contributed by atoms with Crippen molar-refractivity contribution in [3.8, 4) is 6.07 Å². The molecule has 0 fully saturated rings. The first-order chi connectivity index (χ1) is 12.8. The molecule has 3 rings (SSSR count). The summed E-state index contributed by atoms with van der Waals surface area (Å²) >= 11 is 5.84. The third kappa shape index (κ3) is 3.21. The third-order valence-corrected chi connectivity index (χ3v) is 4.09. The van der Waals surface area contributed by atoms with Crippen molar-refractivity contribution in [1.82, 2.24) is 4.90 Å². The van der Waals surface area contributed by atoms with Gasteiger partial charge in [0.2, 0.25) is 5.91 Å². The van der Waals surface area contributed by atoms with Crippen LogP contribution in [0, 0.1) is 21.4 Å². The number of nitrogens with zero attached hydrogens (tertiary/aromatic N) is 3. The molecule has 0 aromatic heterocycles. The Balaban J connectivity index is 1.84. The van der Waals surface area contributed by atoms with Gasteiger partial charge in [-0.15, -0.1) is 0 Å². The van der Waals surface area contributed by atoms with Crippen molar-refractivity contribution in [1.29, 1.82) is 5.26 Å². The summed E-state index contributed by atoms with van der Waals surface area (Å²) in [5.41, 5.74) is -0.720. The average molecular weight is 385 g/mol. The topological polar surface area (TPSA) is 133 Å². The second-order valence-corrected chi connectivity index (χ2v) is 5.94. The fourth-order valence-corrected chi connectivity index (χ4v) is 2.83. The van der Waals surface area contributed by atoms with Gasteiger partial charge in [0.1, 0.15) is 18.2 Å². The average Bonchev–Trinajstić information content (AvgIpc) is 2.87. The fourth-order valence-electron chi connectivity index (χ4n) is 2.66. The lowest BCUT2D eigenvalue weighted by Gasteiger charge is -2.14. The standard InChI is InChI=1S/C17H9ClN4O5/c18-10-5-4-9(7-19)12(6-10)20-14(23)8-21-16(24)11-2-1-3-13(22(26)27)15(11)17(21)25/h1-6H,8H2,(H,20,23). The summed E-state index contributed by atoms with van der Waals surface area (Å²) in [6.45, 7) is -0.666. The lowest BCUT2D eigenvalue weighted by Crippen LogP contribution is -2.37. The van der Waals surface area contributed by atoms with Gasteiger partial charge in [-0.25, -0.2) is 0 Å². The van der Waals surface area contributed by atoms with E-state index in [2.05, 4.69) is 5.32 Å². The zero-order chi connectivity index (χ0) is 19.7. The molecule has 0 aliphatic carbocycles. The Morgan fingerprint density at radius 3 is 2.67 bits per heavy atom. The highest BCUT2D eigenvalue weighted by molar-refractivity contribution is 6.31. The number of nitro groups is 1. The number of nitrogens with one attached hydrogen (secondary N) is 1. The molecular formula is C17H9ClN4O5. The van der Waals surface area contributed by atoms with E-state index in [1.165, 1.54) is 30.3 Å². The first kappa shape index (κ1) is 18.0. The number of nitriles is 1. The van der Waals surface area contributed by atoms with Gasteiger partial charge in [-0.05, 0) is 24.3 Å². The molecule has 0 saturated carbocycles. The van der Waals surface area contributed by atoms with Crippen LogP contribution < -0.4 is 5.32 Å². The molecule has 0 spiro atoms. The quantitative estimate of drug-likeness (QED) is 0.488. The van der Waals surface area contributed by atoms with Gasteiger partial charge in [-0.2, -0.15) is 5.26 Å². The van der Waals surface area contributed by atoms with Gasteiger partial charge in [-0.3, -0.25) is 29.4 Å². The van der Waals surface area contributed by atoms with E-state index in [0.717, 1.165) is 6.07 Å². The van der Waals surface area contributed by atoms with Crippen molar-refractivity contribution in [2.75, 3.05) is 11.9 Å². The molecule has 134 valence electrons. The molecule has 9 nitrogen and oxygen atoms in total. The van der Waals surface area contributed by atoms with Crippen LogP contribution in [0.2, 0.25) is 5.02 Å². The summed E-state index contributed by atoms with van der Waals surface area (Å²) in [5.74, 6) is -2.49. The smallest absolute Gasteiger partial charge is 0.282 e. The molecule has 2 aromatic rings. The van der Waals surface area contributed by atoms with Crippen molar-refractivity contribution >= 4 is 40.7 Å². The maximum atomic E-state index is 12.4. The molecule has 1 heterocycles. The van der Waals surface area contributed by atoms with Crippen molar-refractivity contribution in [2.24, 2.45) is 0 Å². The Labute approximate surface area is 156 Å². The number of hydrogen-bond donors (Lipinski definition) is 1. The number of benzene rings is 2. The van der Waals surface area contributed by atoms with E-state index in [9.17, 15) is 24.5 Å². The summed E-state index contributed by atoms with van der Waals surface area (Å²) < 4.78 is 0. The maximum absolute atomic E-state index is 12.4. The van der Waals surface area contributed by atoms with Crippen LogP contribution in [0.4, 0.5) is 11.4 Å². The van der Waals surface area contributed by atoms with Crippen LogP contribution in [0.3, 0.4) is 0 Å². The monoisotopic (exact) mass is 384 g/mol. The number of carbonyl (C=O) groups excluding carboxylic acids is 3. The molecule has 0 atom stereocenters. The molecule has 0 radical (unpaired) electrons. The van der Waals surface area contributed by atoms with Crippen LogP contribution in [0.1, 0.15) is 26.3 Å². The maximum Gasteiger partial charge on any atom is 0.282 e. The summed E-state index contributed by atoms with van der Waals surface area (Å²) in [6.07, 6.45) is 0. The highest BCUT2D eigenvalue weighted by Gasteiger charge is 2.41. The van der Waals surface area contributed by atoms with E-state index in [-0.39, 0.29) is 27.4 Å². The molecule has 0 bridgehead atoms. The highest BCUT2D eigenvalue weighted by Crippen LogP contribution is 2.30. The minimum Gasteiger partial charge on any atom is -0.323 e. The molecule has 27 heavy (non-hydrogen) atoms. The Morgan fingerprint density at radius 1 is 1.26 bits per heavy atom. The third-order valence-electron chi connectivity index (χ3n) is 3.85. The molecule has 2 aromatic carbocycles. The first-order valence-electron chi connectivity index (χ1n) is 7.46. The van der Waals surface area contributed by atoms with Gasteiger partial charge in [0, 0.05) is 11.1 Å². The normalized spacial score (nSPS) is 12.5. The lowest BCUT2D eigenvalue weighted by atomic mass is 10.1. The second kappa shape index (κ2) is 6.86. The fraction of sp³-hybridized carbons (Fsp3) is 0.0588. The van der Waals surface area contributed by atoms with Gasteiger partial charge in [0.15, 0.2) is 0 Å². The number of halogens is 1. The van der Waals surface area contributed by atoms with E-state index in [4.69, 9.17) is 16.9 Å². The molecule has 0 saturated heterocycles. The van der Waals surface area contributed by atoms with Gasteiger partial charge < -0.3 is 5.32 Å². The zero-order valence-electron chi connectivity index (χ0n) is 13.4. The van der Waals surface area contributed by atoms with Crippen LogP contribution in [0.25, 0.3) is 0 Å². The van der Waals surface area contributed by atoms with Crippen molar-refractivity contribution < 1.29 is 19.3 Å². The van der Waals surface area contributed by atoms with Crippen LogP contribution in [-0.2, 0) is 4.79 Å². The number of anilines is 1. The predicted molar refractivity (Wildman–Crippen MR) is 93.3 cm³/mol. The number of fused-ring (bicyclic) bond motifs is 1. The van der Waals surface area contributed by atoms with E-state index < -0.39 is 34.9 Å². The van der Waals surface area contributed by atoms with Crippen LogP contribution in [0.15, 0.2) is 36.4 Å². The number of nitro benzene ring substituents is 1. The lowest BCUT2D eigenvalue weighted by molar-refractivity contribution is -0.385. The van der Waals surface area contributed by atoms with Crippen molar-refractivity contribution in [2.45, 2.75) is 0 Å². The number of imide groups is 1. The molecule has 0 unspecified atom stereocenters. The summed E-state index contributed by atoms with van der Waals surface area (Å²) in [4.78, 5) is 48.0. The Morgan fingerprint density at radius 2 is 2.00 bits per heavy atom. The number of rotatable bonds is 4. The molecule has 1 aliphatic heterocycles. The zero-order valence-corrected chi connectivity index (χ0v) is 14.2. The van der Waals surface area contributed by atoms with Crippen molar-refractivity contribution in [3.63, 3.8) is 0 Å². The van der Waals surface area contributed by atoms with Gasteiger partial charge in [0.05, 0.1) is 21.7 Å². The van der Waals surface area contributed by atoms with Crippen molar-refractivity contribution in [3.05, 3.63) is 68.2 Å². The number of hydrogen-bond acceptors (Lipinski definition) is 6. The van der Waals surface area contributed by atoms with E-state index in [1.54, 1.807) is 0 Å². The van der Waals surface area contributed by atoms with Crippen LogP contribution in [-0.4, -0.2) is 34.1 Å². The molecule has 10 heteroatoms. The number of amides is 3. The highest BCUT2D eigenvalue weighted by atomic mass is 35.5. The predicted octanol–water partition coefficient (Wildman–Crippen LogP) is 2.35. The summed E-state index contributed by atoms with van der Waals surface area (Å²) in [6, 6.07) is 9.79. The number of carbonyl (C=O) groups is 3. The van der Waals surface area contributed by atoms with Gasteiger partial charge in [-0.1, -0.05) is 17.7 Å². The molecule has 3 amide bonds. The Hall–Kier alpha value is -3.77. The minimum absolute atomic E-state index is 0.123. The van der Waals surface area contributed by atoms with Gasteiger partial charge >= 0.3 is 0 Å². The molecule has 1 aliphatic rings. The van der Waals surface area contributed by atoms with E-state index in [0.29, 0.717) is 4.90 Å². The second-order valence-electron chi connectivity index (χ2n) is 5.50. The Kier molecular flexibility index (Phi) is 4.58. The van der Waals surface area contributed by atoms with Gasteiger partial charge in [0.25, 0.3) is 17.5 Å². The summed E-state index contributed by atoms with van der Waals surface area (Å²) in [5, 5.41) is 22.8. The van der Waals surface area contributed by atoms with E-state index in [1.807, 2.05) is 6.07 Å². The largest absolute Gasteiger partial charge is 0.323 e. The SMILES string of the molecule is N#Cc1ccc(Cl)cc1NC(=O)CN1C(=O)c2cccc([N+](=O)[O-])c2C1=O. The Bertz CT molecular complexity index is 1060. The molecular weight excluding hydrogens is 376 g/mol. The first-order valence-corrected chi connectivity index (χ1v) is 7.84. The van der Waals surface area contributed by atoms with Crippen LogP contribution >= 0.6 is 11.6 Å². The van der Waals surface area contributed by atoms with E-state index >= 15 is 0 Å². The van der Waals surface area contributed by atoms with Crippen LogP contribution in [0.5, 0.6) is 0 Å². The molecule has 1 N–H and O–H groups in total.